The zero-order valence-electron chi connectivity index (χ0n) is 28.2. The van der Waals surface area contributed by atoms with Crippen molar-refractivity contribution in [2.24, 2.45) is 0 Å². The first-order valence-corrected chi connectivity index (χ1v) is 10.6. The number of amides is 3. The molecule has 1 N–H and O–H groups in total. The van der Waals surface area contributed by atoms with Crippen LogP contribution in [0.4, 0.5) is 5.69 Å². The van der Waals surface area contributed by atoms with E-state index >= 15 is 0 Å². The number of methoxy groups -OCH3 is 1. The van der Waals surface area contributed by atoms with Crippen molar-refractivity contribution in [1.29, 1.82) is 0 Å². The molecule has 1 unspecified atom stereocenters. The van der Waals surface area contributed by atoms with Gasteiger partial charge in [0.05, 0.1) is 54.5 Å². The monoisotopic (exact) mass is 471 g/mol. The summed E-state index contributed by atoms with van der Waals surface area (Å²) in [6.45, 7) is -0.831. The lowest BCUT2D eigenvalue weighted by Gasteiger charge is -2.27. The molecule has 0 radical (unpaired) electrons. The van der Waals surface area contributed by atoms with E-state index in [9.17, 15) is 24.2 Å². The quantitative estimate of drug-likeness (QED) is 0.587. The molecule has 9 nitrogen and oxygen atoms in total. The van der Waals surface area contributed by atoms with Crippen molar-refractivity contribution in [1.82, 2.24) is 4.90 Å². The van der Waals surface area contributed by atoms with Crippen molar-refractivity contribution in [3.8, 4) is 11.5 Å². The van der Waals surface area contributed by atoms with Crippen molar-refractivity contribution >= 4 is 33.2 Å². The smallest absolute Gasteiger partial charge is 0.264 e. The van der Waals surface area contributed by atoms with Gasteiger partial charge in [-0.15, -0.1) is 0 Å². The predicted molar refractivity (Wildman–Crippen MR) is 118 cm³/mol. The summed E-state index contributed by atoms with van der Waals surface area (Å²) in [6, 6.07) is -10.6. The SMILES string of the molecule is [2H]c1c([2H])c(NC(C)=O)c2c(c1[2H])C(=O)N(C([2H])(c1c([2H])c([2H])c(OC)c(OC([2H])([2H])C)c1[2H])C([2H])([2H])S(C)(=O)=O)C2=O. The number of rotatable bonds is 8. The van der Waals surface area contributed by atoms with E-state index in [0.717, 1.165) is 21.0 Å². The van der Waals surface area contributed by atoms with Crippen LogP contribution in [0, 0.1) is 0 Å². The minimum Gasteiger partial charge on any atom is -0.493 e. The summed E-state index contributed by atoms with van der Waals surface area (Å²) in [5, 5.41) is 2.07. The number of benzene rings is 2. The number of hydrogen-bond acceptors (Lipinski definition) is 7. The maximum absolute atomic E-state index is 13.9. The Morgan fingerprint density at radius 2 is 1.97 bits per heavy atom. The van der Waals surface area contributed by atoms with Crippen LogP contribution in [0.5, 0.6) is 11.5 Å². The predicted octanol–water partition coefficient (Wildman–Crippen LogP) is 2.43. The van der Waals surface area contributed by atoms with Crippen LogP contribution in [-0.2, 0) is 14.6 Å². The average Bonchev–Trinajstić information content (AvgIpc) is 3.12. The first kappa shape index (κ1) is 12.6. The Kier molecular flexibility index (Phi) is 3.54. The van der Waals surface area contributed by atoms with Gasteiger partial charge in [-0.3, -0.25) is 19.3 Å². The molecule has 0 fully saturated rings. The molecule has 1 aliphatic rings. The highest BCUT2D eigenvalue weighted by atomic mass is 32.2. The van der Waals surface area contributed by atoms with Crippen molar-refractivity contribution in [3.63, 3.8) is 0 Å². The molecule has 170 valence electrons. The molecular weight excluding hydrogens is 436 g/mol. The summed E-state index contributed by atoms with van der Waals surface area (Å²) in [5.41, 5.74) is -8.23. The number of imide groups is 1. The summed E-state index contributed by atoms with van der Waals surface area (Å²) in [4.78, 5) is 39.3. The fourth-order valence-corrected chi connectivity index (χ4v) is 3.31. The first-order valence-electron chi connectivity index (χ1n) is 14.2. The molecule has 1 aliphatic heterocycles. The Balaban J connectivity index is 2.61. The molecule has 3 amide bonds. The number of carbonyl (C=O) groups excluding carboxylic acids is 3. The molecule has 0 bridgehead atoms. The van der Waals surface area contributed by atoms with Crippen molar-refractivity contribution in [2.75, 3.05) is 30.9 Å². The number of nitrogens with zero attached hydrogens (tertiary/aromatic N) is 1. The maximum atomic E-state index is 13.9. The fraction of sp³-hybridized carbons (Fsp3) is 0.318. The highest BCUT2D eigenvalue weighted by molar-refractivity contribution is 7.90. The van der Waals surface area contributed by atoms with E-state index in [0.29, 0.717) is 0 Å². The number of ether oxygens (including phenoxy) is 2. The second-order valence-corrected chi connectivity index (χ2v) is 8.02. The van der Waals surface area contributed by atoms with Gasteiger partial charge in [-0.1, -0.05) is 12.1 Å². The summed E-state index contributed by atoms with van der Waals surface area (Å²) in [6.07, 6.45) is 0.289. The van der Waals surface area contributed by atoms with E-state index < -0.39 is 116 Å². The van der Waals surface area contributed by atoms with Gasteiger partial charge >= 0.3 is 0 Å². The largest absolute Gasteiger partial charge is 0.493 e. The van der Waals surface area contributed by atoms with Gasteiger partial charge in [-0.25, -0.2) is 8.42 Å². The molecule has 0 aromatic heterocycles. The molecular formula is C22H24N2O7S. The molecule has 0 saturated carbocycles. The van der Waals surface area contributed by atoms with Crippen molar-refractivity contribution in [3.05, 3.63) is 52.9 Å². The Morgan fingerprint density at radius 1 is 1.25 bits per heavy atom. The summed E-state index contributed by atoms with van der Waals surface area (Å²) in [7, 11) is -4.26. The van der Waals surface area contributed by atoms with E-state index in [1.165, 1.54) is 0 Å². The van der Waals surface area contributed by atoms with E-state index in [4.69, 9.17) is 23.2 Å². The van der Waals surface area contributed by atoms with Gasteiger partial charge in [-0.2, -0.15) is 0 Å². The molecule has 10 heteroatoms. The molecule has 2 aromatic rings. The number of sulfone groups is 1. The van der Waals surface area contributed by atoms with Crippen molar-refractivity contribution in [2.45, 2.75) is 19.9 Å². The van der Waals surface area contributed by atoms with E-state index in [-0.39, 0.29) is 11.2 Å². The van der Waals surface area contributed by atoms with Crippen LogP contribution in [0.2, 0.25) is 0 Å². The van der Waals surface area contributed by atoms with Gasteiger partial charge in [0.2, 0.25) is 5.91 Å². The van der Waals surface area contributed by atoms with Crippen LogP contribution >= 0.6 is 0 Å². The zero-order chi connectivity index (χ0) is 33.4. The minimum atomic E-state index is -5.21. The lowest BCUT2D eigenvalue weighted by molar-refractivity contribution is -0.114. The van der Waals surface area contributed by atoms with Crippen LogP contribution in [0.15, 0.2) is 36.3 Å². The number of fused-ring (bicyclic) bond motifs is 1. The average molecular weight is 472 g/mol. The Morgan fingerprint density at radius 3 is 2.56 bits per heavy atom. The number of nitrogens with one attached hydrogen (secondary N) is 1. The topological polar surface area (TPSA) is 119 Å². The van der Waals surface area contributed by atoms with Crippen LogP contribution < -0.4 is 14.8 Å². The minimum absolute atomic E-state index is 0.289. The van der Waals surface area contributed by atoms with E-state index in [1.807, 2.05) is 0 Å². The van der Waals surface area contributed by atoms with Gasteiger partial charge in [-0.05, 0) is 36.7 Å². The molecule has 1 atom stereocenters. The third-order valence-corrected chi connectivity index (χ3v) is 4.47. The first-order chi connectivity index (χ1) is 19.4. The zero-order valence-corrected chi connectivity index (χ0v) is 18.0. The fourth-order valence-electron chi connectivity index (χ4n) is 2.77. The summed E-state index contributed by atoms with van der Waals surface area (Å²) < 4.78 is 128. The van der Waals surface area contributed by atoms with Crippen molar-refractivity contribution < 1.29 is 47.4 Å². The molecule has 32 heavy (non-hydrogen) atoms. The normalized spacial score (nSPS) is 21.0. The van der Waals surface area contributed by atoms with Gasteiger partial charge in [0.25, 0.3) is 11.8 Å². The van der Waals surface area contributed by atoms with Crippen LogP contribution in [0.1, 0.15) is 61.2 Å². The Labute approximate surface area is 201 Å². The van der Waals surface area contributed by atoms with E-state index in [1.54, 1.807) is 0 Å². The molecule has 2 aromatic carbocycles. The van der Waals surface area contributed by atoms with E-state index in [2.05, 4.69) is 5.32 Å². The second kappa shape index (κ2) is 8.99. The Hall–Kier alpha value is -3.40. The highest BCUT2D eigenvalue weighted by Crippen LogP contribution is 2.38. The second-order valence-electron chi connectivity index (χ2n) is 6.27. The van der Waals surface area contributed by atoms with Gasteiger partial charge in [0.15, 0.2) is 11.5 Å². The lowest BCUT2D eigenvalue weighted by atomic mass is 10.1. The molecule has 0 spiro atoms. The van der Waals surface area contributed by atoms with Gasteiger partial charge in [0, 0.05) is 15.9 Å². The lowest BCUT2D eigenvalue weighted by Crippen LogP contribution is -2.37. The number of hydrogen-bond donors (Lipinski definition) is 1. The molecule has 1 heterocycles. The third-order valence-electron chi connectivity index (χ3n) is 3.91. The number of anilines is 1. The highest BCUT2D eigenvalue weighted by Gasteiger charge is 2.43. The maximum Gasteiger partial charge on any atom is 0.264 e. The van der Waals surface area contributed by atoms with Gasteiger partial charge in [0.1, 0.15) is 9.84 Å². The Bertz CT molecular complexity index is 1710. The van der Waals surface area contributed by atoms with Crippen LogP contribution in [-0.4, -0.2) is 56.7 Å². The molecule has 0 saturated heterocycles. The number of carbonyl (C=O) groups is 3. The van der Waals surface area contributed by atoms with Gasteiger partial charge < -0.3 is 14.8 Å². The summed E-state index contributed by atoms with van der Waals surface area (Å²) >= 11 is 0. The molecule has 3 rings (SSSR count). The van der Waals surface area contributed by atoms with Crippen LogP contribution in [0.3, 0.4) is 0 Å². The standard InChI is InChI=1S/C22H24N2O7S/c1-5-31-19-11-14(9-10-18(19)30-3)17(12-32(4,28)29)24-21(26)15-7-6-8-16(23-13(2)25)20(15)22(24)27/h6-11,17H,5,12H2,1-4H3,(H,23,25)/i5D2,6D,7D,8D,9D,10D,11D,12D2,17D. The van der Waals surface area contributed by atoms with Crippen LogP contribution in [0.25, 0.3) is 0 Å². The third kappa shape index (κ3) is 4.59. The molecule has 0 aliphatic carbocycles. The summed E-state index contributed by atoms with van der Waals surface area (Å²) in [5.74, 6) is -6.12.